The molecule has 2 aromatic rings. The topological polar surface area (TPSA) is 78.8 Å². The second-order valence-electron chi connectivity index (χ2n) is 2.83. The molecule has 0 fully saturated rings. The molecule has 7 heteroatoms. The second kappa shape index (κ2) is 4.91. The van der Waals surface area contributed by atoms with Crippen LogP contribution < -0.4 is 10.5 Å². The summed E-state index contributed by atoms with van der Waals surface area (Å²) < 4.78 is 12.9. The SMILES string of the molecule is [2H]c1cc(Cl)c(-n2nccn2)nc1OCCN. The molecule has 0 bridgehead atoms. The Morgan fingerprint density at radius 3 is 2.94 bits per heavy atom. The van der Waals surface area contributed by atoms with Crippen molar-refractivity contribution in [2.75, 3.05) is 13.2 Å². The van der Waals surface area contributed by atoms with E-state index in [1.165, 1.54) is 23.3 Å². The Bertz CT molecular complexity index is 504. The molecule has 0 aromatic carbocycles. The lowest BCUT2D eigenvalue weighted by Crippen LogP contribution is -2.12. The Morgan fingerprint density at radius 2 is 2.25 bits per heavy atom. The predicted molar refractivity (Wildman–Crippen MR) is 58.7 cm³/mol. The van der Waals surface area contributed by atoms with Crippen LogP contribution in [0.4, 0.5) is 0 Å². The van der Waals surface area contributed by atoms with E-state index in [4.69, 9.17) is 23.4 Å². The second-order valence-corrected chi connectivity index (χ2v) is 3.24. The average Bonchev–Trinajstić information content (AvgIpc) is 2.81. The summed E-state index contributed by atoms with van der Waals surface area (Å²) in [4.78, 5) is 5.35. The van der Waals surface area contributed by atoms with E-state index in [0.29, 0.717) is 12.4 Å². The Labute approximate surface area is 98.4 Å². The van der Waals surface area contributed by atoms with Crippen LogP contribution in [0, 0.1) is 0 Å². The summed E-state index contributed by atoms with van der Waals surface area (Å²) >= 11 is 5.96. The maximum atomic E-state index is 7.65. The van der Waals surface area contributed by atoms with Crippen LogP contribution in [-0.2, 0) is 0 Å². The van der Waals surface area contributed by atoms with Gasteiger partial charge in [0.25, 0.3) is 0 Å². The number of rotatable bonds is 4. The van der Waals surface area contributed by atoms with Crippen molar-refractivity contribution < 1.29 is 6.11 Å². The minimum atomic E-state index is 0.0966. The predicted octanol–water partition coefficient (Wildman–Crippen LogP) is 0.653. The summed E-state index contributed by atoms with van der Waals surface area (Å²) in [6.07, 6.45) is 3.01. The fraction of sp³-hybridized carbons (Fsp3) is 0.222. The molecule has 6 nitrogen and oxygen atoms in total. The monoisotopic (exact) mass is 240 g/mol. The third kappa shape index (κ3) is 2.29. The molecule has 84 valence electrons. The van der Waals surface area contributed by atoms with Gasteiger partial charge in [-0.25, -0.2) is 0 Å². The molecular weight excluding hydrogens is 230 g/mol. The first-order valence-corrected chi connectivity index (χ1v) is 4.97. The third-order valence-electron chi connectivity index (χ3n) is 1.71. The first-order valence-electron chi connectivity index (χ1n) is 5.09. The summed E-state index contributed by atoms with van der Waals surface area (Å²) in [5.41, 5.74) is 5.32. The summed E-state index contributed by atoms with van der Waals surface area (Å²) in [5.74, 6) is 0.479. The minimum Gasteiger partial charge on any atom is -0.476 e. The lowest BCUT2D eigenvalue weighted by atomic mass is 10.4. The molecule has 2 heterocycles. The highest BCUT2D eigenvalue weighted by Crippen LogP contribution is 2.20. The van der Waals surface area contributed by atoms with Crippen molar-refractivity contribution in [2.24, 2.45) is 5.73 Å². The van der Waals surface area contributed by atoms with E-state index in [9.17, 15) is 0 Å². The van der Waals surface area contributed by atoms with E-state index in [2.05, 4.69) is 15.2 Å². The number of pyridine rings is 1. The summed E-state index contributed by atoms with van der Waals surface area (Å²) in [6, 6.07) is 1.53. The van der Waals surface area contributed by atoms with E-state index in [0.717, 1.165) is 0 Å². The van der Waals surface area contributed by atoms with Crippen molar-refractivity contribution in [3.63, 3.8) is 0 Å². The van der Waals surface area contributed by atoms with Crippen LogP contribution in [0.1, 0.15) is 1.37 Å². The number of nitrogens with zero attached hydrogens (tertiary/aromatic N) is 4. The van der Waals surface area contributed by atoms with Gasteiger partial charge >= 0.3 is 0 Å². The van der Waals surface area contributed by atoms with E-state index in [-0.39, 0.29) is 23.6 Å². The molecule has 2 N–H and O–H groups in total. The minimum absolute atomic E-state index is 0.0966. The van der Waals surface area contributed by atoms with Gasteiger partial charge in [-0.15, -0.1) is 4.80 Å². The van der Waals surface area contributed by atoms with Gasteiger partial charge < -0.3 is 10.5 Å². The van der Waals surface area contributed by atoms with Gasteiger partial charge in [-0.1, -0.05) is 11.6 Å². The normalized spacial score (nSPS) is 11.2. The lowest BCUT2D eigenvalue weighted by molar-refractivity contribution is 0.315. The van der Waals surface area contributed by atoms with Crippen LogP contribution in [0.5, 0.6) is 5.88 Å². The fourth-order valence-electron chi connectivity index (χ4n) is 1.07. The average molecular weight is 241 g/mol. The highest BCUT2D eigenvalue weighted by Gasteiger charge is 2.08. The number of aromatic nitrogens is 4. The molecule has 0 aliphatic carbocycles. The molecule has 0 amide bonds. The molecule has 16 heavy (non-hydrogen) atoms. The molecule has 0 aliphatic heterocycles. The van der Waals surface area contributed by atoms with Crippen molar-refractivity contribution in [3.8, 4) is 11.7 Å². The van der Waals surface area contributed by atoms with Gasteiger partial charge in [-0.05, 0) is 6.07 Å². The molecule has 2 aromatic heterocycles. The van der Waals surface area contributed by atoms with Crippen LogP contribution in [0.15, 0.2) is 24.5 Å². The Kier molecular flexibility index (Phi) is 2.93. The maximum Gasteiger partial charge on any atom is 0.215 e. The first-order chi connectivity index (χ1) is 8.22. The quantitative estimate of drug-likeness (QED) is 0.849. The van der Waals surface area contributed by atoms with Crippen LogP contribution in [0.3, 0.4) is 0 Å². The van der Waals surface area contributed by atoms with Crippen molar-refractivity contribution in [1.82, 2.24) is 20.0 Å². The zero-order chi connectivity index (χ0) is 12.3. The molecule has 0 aliphatic rings. The first kappa shape index (κ1) is 9.56. The number of ether oxygens (including phenoxy) is 1. The van der Waals surface area contributed by atoms with E-state index in [1.54, 1.807) is 0 Å². The van der Waals surface area contributed by atoms with Crippen LogP contribution in [0.25, 0.3) is 5.82 Å². The smallest absolute Gasteiger partial charge is 0.215 e. The Hall–Kier alpha value is -1.66. The highest BCUT2D eigenvalue weighted by molar-refractivity contribution is 6.32. The standard InChI is InChI=1S/C9H10ClN5O/c10-7-1-2-8(16-6-3-11)14-9(7)15-12-4-5-13-15/h1-2,4-5H,3,6,11H2/i2D. The van der Waals surface area contributed by atoms with Gasteiger partial charge in [-0.2, -0.15) is 15.2 Å². The van der Waals surface area contributed by atoms with Crippen LogP contribution in [0.2, 0.25) is 5.02 Å². The van der Waals surface area contributed by atoms with Gasteiger partial charge in [0, 0.05) is 12.6 Å². The zero-order valence-electron chi connectivity index (χ0n) is 9.30. The lowest BCUT2D eigenvalue weighted by Gasteiger charge is -2.06. The van der Waals surface area contributed by atoms with Gasteiger partial charge in [0.1, 0.15) is 6.61 Å². The molecule has 0 unspecified atom stereocenters. The number of halogens is 1. The van der Waals surface area contributed by atoms with Crippen molar-refractivity contribution >= 4 is 11.6 Å². The molecule has 0 atom stereocenters. The maximum absolute atomic E-state index is 7.65. The van der Waals surface area contributed by atoms with Crippen molar-refractivity contribution in [2.45, 2.75) is 0 Å². The largest absolute Gasteiger partial charge is 0.476 e. The van der Waals surface area contributed by atoms with Gasteiger partial charge in [0.2, 0.25) is 5.88 Å². The Morgan fingerprint density at radius 1 is 1.50 bits per heavy atom. The van der Waals surface area contributed by atoms with E-state index >= 15 is 0 Å². The van der Waals surface area contributed by atoms with E-state index < -0.39 is 0 Å². The van der Waals surface area contributed by atoms with Gasteiger partial charge in [0.15, 0.2) is 5.82 Å². The fourth-order valence-corrected chi connectivity index (χ4v) is 1.24. The number of nitrogens with two attached hydrogens (primary N) is 1. The number of hydrogen-bond acceptors (Lipinski definition) is 5. The highest BCUT2D eigenvalue weighted by atomic mass is 35.5. The van der Waals surface area contributed by atoms with Crippen molar-refractivity contribution in [3.05, 3.63) is 29.5 Å². The summed E-state index contributed by atoms with van der Waals surface area (Å²) in [5, 5.41) is 8.11. The summed E-state index contributed by atoms with van der Waals surface area (Å²) in [6.45, 7) is 0.631. The number of hydrogen-bond donors (Lipinski definition) is 1. The van der Waals surface area contributed by atoms with Gasteiger partial charge in [-0.3, -0.25) is 0 Å². The molecule has 0 saturated heterocycles. The zero-order valence-corrected chi connectivity index (χ0v) is 9.05. The van der Waals surface area contributed by atoms with Crippen LogP contribution in [-0.4, -0.2) is 33.1 Å². The third-order valence-corrected chi connectivity index (χ3v) is 1.99. The molecule has 0 saturated carbocycles. The molecular formula is C9H10ClN5O. The molecule has 0 radical (unpaired) electrons. The van der Waals surface area contributed by atoms with E-state index in [1.807, 2.05) is 0 Å². The van der Waals surface area contributed by atoms with Gasteiger partial charge in [0.05, 0.1) is 18.8 Å². The molecule has 2 rings (SSSR count). The molecule has 0 spiro atoms. The summed E-state index contributed by atoms with van der Waals surface area (Å²) in [7, 11) is 0. The Balaban J connectivity index is 2.39. The van der Waals surface area contributed by atoms with Crippen molar-refractivity contribution in [1.29, 1.82) is 0 Å². The van der Waals surface area contributed by atoms with Crippen LogP contribution >= 0.6 is 11.6 Å².